The van der Waals surface area contributed by atoms with Crippen molar-refractivity contribution in [3.05, 3.63) is 91.2 Å². The Balaban J connectivity index is 1.86. The summed E-state index contributed by atoms with van der Waals surface area (Å²) in [5.74, 6) is -0.234. The maximum Gasteiger partial charge on any atom is 0.293 e. The van der Waals surface area contributed by atoms with Gasteiger partial charge in [0, 0.05) is 29.8 Å². The molecular weight excluding hydrogens is 416 g/mol. The predicted octanol–water partition coefficient (Wildman–Crippen LogP) is 4.93. The Morgan fingerprint density at radius 1 is 1.06 bits per heavy atom. The number of amides is 1. The zero-order valence-electron chi connectivity index (χ0n) is 17.0. The summed E-state index contributed by atoms with van der Waals surface area (Å²) in [6, 6.07) is 13.5. The van der Waals surface area contributed by atoms with E-state index in [0.717, 1.165) is 0 Å². The topological polar surface area (TPSA) is 152 Å². The van der Waals surface area contributed by atoms with Crippen LogP contribution in [0.1, 0.15) is 16.9 Å². The van der Waals surface area contributed by atoms with Crippen LogP contribution in [0.2, 0.25) is 0 Å². The Kier molecular flexibility index (Phi) is 6.11. The fourth-order valence-electron chi connectivity index (χ4n) is 2.99. The lowest BCUT2D eigenvalue weighted by Crippen LogP contribution is -2.14. The van der Waals surface area contributed by atoms with Crippen LogP contribution in [-0.4, -0.2) is 15.8 Å². The fraction of sp³-hybridized carbons (Fsp3) is 0.0909. The summed E-state index contributed by atoms with van der Waals surface area (Å²) in [6.45, 7) is 3.38. The van der Waals surface area contributed by atoms with Crippen molar-refractivity contribution in [1.82, 2.24) is 0 Å². The Bertz CT molecular complexity index is 1320. The lowest BCUT2D eigenvalue weighted by Gasteiger charge is -2.06. The molecule has 0 bridgehead atoms. The first kappa shape index (κ1) is 21.9. The van der Waals surface area contributed by atoms with Crippen molar-refractivity contribution in [1.29, 1.82) is 5.26 Å². The van der Waals surface area contributed by atoms with E-state index < -0.39 is 15.8 Å². The molecule has 1 N–H and O–H groups in total. The fourth-order valence-corrected chi connectivity index (χ4v) is 2.99. The highest BCUT2D eigenvalue weighted by Crippen LogP contribution is 2.29. The van der Waals surface area contributed by atoms with Gasteiger partial charge in [-0.25, -0.2) is 0 Å². The first-order valence-electron chi connectivity index (χ1n) is 9.23. The van der Waals surface area contributed by atoms with Crippen LogP contribution in [0.25, 0.3) is 17.4 Å². The SMILES string of the molecule is Cc1ccc(NC(=O)/C(C#N)=C/c2ccc(-c3ccc([N+](=O)[O-])cc3C)o2)c([N+](=O)[O-])c1. The molecule has 2 aromatic carbocycles. The molecule has 0 aliphatic rings. The lowest BCUT2D eigenvalue weighted by atomic mass is 10.1. The van der Waals surface area contributed by atoms with Gasteiger partial charge in [-0.15, -0.1) is 0 Å². The zero-order valence-corrected chi connectivity index (χ0v) is 17.0. The molecule has 0 aliphatic carbocycles. The quantitative estimate of drug-likeness (QED) is 0.251. The summed E-state index contributed by atoms with van der Waals surface area (Å²) in [7, 11) is 0. The number of benzene rings is 2. The second-order valence-electron chi connectivity index (χ2n) is 6.86. The Morgan fingerprint density at radius 3 is 2.44 bits per heavy atom. The molecule has 0 unspecified atom stereocenters. The first-order valence-corrected chi connectivity index (χ1v) is 9.23. The maximum atomic E-state index is 12.5. The highest BCUT2D eigenvalue weighted by atomic mass is 16.6. The minimum Gasteiger partial charge on any atom is -0.457 e. The van der Waals surface area contributed by atoms with Crippen molar-refractivity contribution in [3.8, 4) is 17.4 Å². The number of furan rings is 1. The molecule has 0 saturated heterocycles. The van der Waals surface area contributed by atoms with E-state index in [1.54, 1.807) is 38.1 Å². The average molecular weight is 432 g/mol. The third-order valence-electron chi connectivity index (χ3n) is 4.56. The van der Waals surface area contributed by atoms with Crippen LogP contribution < -0.4 is 5.32 Å². The van der Waals surface area contributed by atoms with E-state index in [-0.39, 0.29) is 28.4 Å². The van der Waals surface area contributed by atoms with Crippen LogP contribution >= 0.6 is 0 Å². The van der Waals surface area contributed by atoms with Crippen molar-refractivity contribution in [3.63, 3.8) is 0 Å². The monoisotopic (exact) mass is 432 g/mol. The van der Waals surface area contributed by atoms with Crippen LogP contribution in [0.5, 0.6) is 0 Å². The minimum absolute atomic E-state index is 0.0339. The molecule has 0 saturated carbocycles. The summed E-state index contributed by atoms with van der Waals surface area (Å²) in [5.41, 5.74) is 1.20. The van der Waals surface area contributed by atoms with Crippen molar-refractivity contribution in [2.24, 2.45) is 0 Å². The van der Waals surface area contributed by atoms with Gasteiger partial charge < -0.3 is 9.73 Å². The Labute approximate surface area is 181 Å². The van der Waals surface area contributed by atoms with E-state index in [4.69, 9.17) is 4.42 Å². The van der Waals surface area contributed by atoms with Gasteiger partial charge in [-0.2, -0.15) is 5.26 Å². The van der Waals surface area contributed by atoms with E-state index in [2.05, 4.69) is 5.32 Å². The number of nitro groups is 2. The number of carbonyl (C=O) groups excluding carboxylic acids is 1. The van der Waals surface area contributed by atoms with Crippen LogP contribution in [0.15, 0.2) is 58.5 Å². The summed E-state index contributed by atoms with van der Waals surface area (Å²) in [4.78, 5) is 33.5. The molecule has 0 radical (unpaired) electrons. The third-order valence-corrected chi connectivity index (χ3v) is 4.56. The Morgan fingerprint density at radius 2 is 1.81 bits per heavy atom. The summed E-state index contributed by atoms with van der Waals surface area (Å²) in [6.07, 6.45) is 1.21. The second kappa shape index (κ2) is 8.93. The molecule has 1 amide bonds. The number of aryl methyl sites for hydroxylation is 2. The second-order valence-corrected chi connectivity index (χ2v) is 6.86. The van der Waals surface area contributed by atoms with E-state index in [0.29, 0.717) is 22.5 Å². The van der Waals surface area contributed by atoms with E-state index >= 15 is 0 Å². The number of nitriles is 1. The van der Waals surface area contributed by atoms with Gasteiger partial charge in [0.2, 0.25) is 0 Å². The van der Waals surface area contributed by atoms with E-state index in [1.807, 2.05) is 0 Å². The van der Waals surface area contributed by atoms with Crippen molar-refractivity contribution in [2.75, 3.05) is 5.32 Å². The molecule has 32 heavy (non-hydrogen) atoms. The summed E-state index contributed by atoms with van der Waals surface area (Å²) >= 11 is 0. The highest BCUT2D eigenvalue weighted by Gasteiger charge is 2.19. The average Bonchev–Trinajstić information content (AvgIpc) is 3.21. The number of nitro benzene ring substituents is 2. The van der Waals surface area contributed by atoms with Gasteiger partial charge in [0.25, 0.3) is 17.3 Å². The number of anilines is 1. The standard InChI is InChI=1S/C22H16N4O6/c1-13-3-7-19(20(9-13)26(30)31)24-22(27)15(12-23)11-17-5-8-21(32-17)18-6-4-16(25(28)29)10-14(18)2/h3-11H,1-2H3,(H,24,27)/b15-11+. The largest absolute Gasteiger partial charge is 0.457 e. The van der Waals surface area contributed by atoms with Gasteiger partial charge in [0.1, 0.15) is 28.9 Å². The molecular formula is C22H16N4O6. The number of nitrogens with one attached hydrogen (secondary N) is 1. The first-order chi connectivity index (χ1) is 15.2. The van der Waals surface area contributed by atoms with Gasteiger partial charge in [0.15, 0.2) is 0 Å². The number of hydrogen-bond acceptors (Lipinski definition) is 7. The lowest BCUT2D eigenvalue weighted by molar-refractivity contribution is -0.384. The third kappa shape index (κ3) is 4.68. The van der Waals surface area contributed by atoms with E-state index in [9.17, 15) is 30.3 Å². The molecule has 0 atom stereocenters. The number of rotatable bonds is 6. The minimum atomic E-state index is -0.830. The molecule has 1 aromatic heterocycles. The zero-order chi connectivity index (χ0) is 23.4. The maximum absolute atomic E-state index is 12.5. The van der Waals surface area contributed by atoms with Gasteiger partial charge >= 0.3 is 0 Å². The summed E-state index contributed by atoms with van der Waals surface area (Å²) in [5, 5.41) is 33.9. The molecule has 0 fully saturated rings. The van der Waals surface area contributed by atoms with Gasteiger partial charge in [-0.1, -0.05) is 6.07 Å². The van der Waals surface area contributed by atoms with Gasteiger partial charge in [-0.3, -0.25) is 25.0 Å². The number of carbonyl (C=O) groups is 1. The van der Waals surface area contributed by atoms with Crippen LogP contribution in [-0.2, 0) is 4.79 Å². The molecule has 160 valence electrons. The van der Waals surface area contributed by atoms with Crippen molar-refractivity contribution in [2.45, 2.75) is 13.8 Å². The molecule has 3 aromatic rings. The van der Waals surface area contributed by atoms with Crippen molar-refractivity contribution >= 4 is 29.0 Å². The van der Waals surface area contributed by atoms with Gasteiger partial charge in [0.05, 0.1) is 9.85 Å². The van der Waals surface area contributed by atoms with Crippen LogP contribution in [0.4, 0.5) is 17.1 Å². The molecule has 3 rings (SSSR count). The normalized spacial score (nSPS) is 11.0. The predicted molar refractivity (Wildman–Crippen MR) is 116 cm³/mol. The smallest absolute Gasteiger partial charge is 0.293 e. The Hall–Kier alpha value is -4.78. The summed E-state index contributed by atoms with van der Waals surface area (Å²) < 4.78 is 5.68. The van der Waals surface area contributed by atoms with Gasteiger partial charge in [-0.05, 0) is 49.2 Å². The number of non-ortho nitro benzene ring substituents is 1. The van der Waals surface area contributed by atoms with E-state index in [1.165, 1.54) is 36.4 Å². The molecule has 0 aliphatic heterocycles. The molecule has 1 heterocycles. The van der Waals surface area contributed by atoms with Crippen LogP contribution in [0.3, 0.4) is 0 Å². The number of hydrogen-bond donors (Lipinski definition) is 1. The van der Waals surface area contributed by atoms with Crippen molar-refractivity contribution < 1.29 is 19.1 Å². The van der Waals surface area contributed by atoms with Crippen LogP contribution in [0, 0.1) is 45.4 Å². The number of nitrogens with zero attached hydrogens (tertiary/aromatic N) is 3. The molecule has 10 heteroatoms. The molecule has 0 spiro atoms. The highest BCUT2D eigenvalue weighted by molar-refractivity contribution is 6.10. The molecule has 10 nitrogen and oxygen atoms in total.